The van der Waals surface area contributed by atoms with Gasteiger partial charge in [-0.2, -0.15) is 0 Å². The van der Waals surface area contributed by atoms with Crippen LogP contribution in [0.2, 0.25) is 15.2 Å². The smallest absolute Gasteiger partial charge is 0.147 e. The summed E-state index contributed by atoms with van der Waals surface area (Å²) in [5.41, 5.74) is 1.39. The normalized spacial score (nSPS) is 10.3. The molecule has 2 rings (SSSR count). The Morgan fingerprint density at radius 3 is 2.40 bits per heavy atom. The highest BCUT2D eigenvalue weighted by Gasteiger charge is 2.07. The standard InChI is InChI=1S/C10H5Cl3N2/c11-7-3-1-2-6(10(7)13)8-4-15-9(12)5-14-8/h1-5H. The molecule has 0 aliphatic heterocycles. The molecule has 0 N–H and O–H groups in total. The minimum Gasteiger partial charge on any atom is -0.251 e. The lowest BCUT2D eigenvalue weighted by atomic mass is 10.1. The van der Waals surface area contributed by atoms with E-state index < -0.39 is 0 Å². The van der Waals surface area contributed by atoms with E-state index in [1.54, 1.807) is 18.3 Å². The second-order valence-corrected chi connectivity index (χ2v) is 4.00. The van der Waals surface area contributed by atoms with Crippen molar-refractivity contribution in [1.29, 1.82) is 0 Å². The Kier molecular flexibility index (Phi) is 3.10. The van der Waals surface area contributed by atoms with E-state index in [-0.39, 0.29) is 0 Å². The fourth-order valence-corrected chi connectivity index (χ4v) is 1.65. The van der Waals surface area contributed by atoms with Gasteiger partial charge in [0.05, 0.1) is 28.1 Å². The monoisotopic (exact) mass is 258 g/mol. The zero-order valence-electron chi connectivity index (χ0n) is 7.42. The zero-order chi connectivity index (χ0) is 10.8. The molecule has 5 heteroatoms. The highest BCUT2D eigenvalue weighted by molar-refractivity contribution is 6.43. The maximum Gasteiger partial charge on any atom is 0.147 e. The number of rotatable bonds is 1. The van der Waals surface area contributed by atoms with Gasteiger partial charge in [-0.15, -0.1) is 0 Å². The average molecular weight is 260 g/mol. The van der Waals surface area contributed by atoms with Crippen LogP contribution in [0.15, 0.2) is 30.6 Å². The van der Waals surface area contributed by atoms with E-state index in [0.29, 0.717) is 20.9 Å². The van der Waals surface area contributed by atoms with Gasteiger partial charge in [-0.05, 0) is 6.07 Å². The van der Waals surface area contributed by atoms with Crippen LogP contribution in [-0.2, 0) is 0 Å². The summed E-state index contributed by atoms with van der Waals surface area (Å²) in [6.07, 6.45) is 3.02. The molecule has 0 spiro atoms. The van der Waals surface area contributed by atoms with Crippen LogP contribution in [0.1, 0.15) is 0 Å². The fourth-order valence-electron chi connectivity index (χ4n) is 1.15. The van der Waals surface area contributed by atoms with Crippen LogP contribution in [-0.4, -0.2) is 9.97 Å². The molecule has 0 fully saturated rings. The van der Waals surface area contributed by atoms with Gasteiger partial charge in [0.1, 0.15) is 5.15 Å². The number of aromatic nitrogens is 2. The summed E-state index contributed by atoms with van der Waals surface area (Å²) in [6, 6.07) is 5.35. The summed E-state index contributed by atoms with van der Waals surface area (Å²) in [5.74, 6) is 0. The quantitative estimate of drug-likeness (QED) is 0.770. The number of hydrogen-bond acceptors (Lipinski definition) is 2. The van der Waals surface area contributed by atoms with E-state index in [2.05, 4.69) is 9.97 Å². The van der Waals surface area contributed by atoms with Crippen LogP contribution in [0.5, 0.6) is 0 Å². The molecule has 0 aliphatic rings. The molecule has 1 aromatic carbocycles. The molecule has 2 nitrogen and oxygen atoms in total. The molecule has 15 heavy (non-hydrogen) atoms. The zero-order valence-corrected chi connectivity index (χ0v) is 9.68. The predicted octanol–water partition coefficient (Wildman–Crippen LogP) is 4.10. The SMILES string of the molecule is Clc1cnc(-c2cccc(Cl)c2Cl)cn1. The maximum absolute atomic E-state index is 6.03. The number of hydrogen-bond donors (Lipinski definition) is 0. The summed E-state index contributed by atoms with van der Waals surface area (Å²) in [7, 11) is 0. The van der Waals surface area contributed by atoms with E-state index >= 15 is 0 Å². The van der Waals surface area contributed by atoms with E-state index in [0.717, 1.165) is 5.56 Å². The number of halogens is 3. The van der Waals surface area contributed by atoms with Gasteiger partial charge in [0, 0.05) is 5.56 Å². The van der Waals surface area contributed by atoms with Gasteiger partial charge in [0.2, 0.25) is 0 Å². The summed E-state index contributed by atoms with van der Waals surface area (Å²) < 4.78 is 0. The first-order valence-electron chi connectivity index (χ1n) is 4.10. The maximum atomic E-state index is 6.03. The lowest BCUT2D eigenvalue weighted by Crippen LogP contribution is -1.86. The van der Waals surface area contributed by atoms with Crippen molar-refractivity contribution in [3.8, 4) is 11.3 Å². The Balaban J connectivity index is 2.54. The van der Waals surface area contributed by atoms with Crippen molar-refractivity contribution in [1.82, 2.24) is 9.97 Å². The Morgan fingerprint density at radius 1 is 0.933 bits per heavy atom. The largest absolute Gasteiger partial charge is 0.251 e. The molecular formula is C10H5Cl3N2. The van der Waals surface area contributed by atoms with Crippen LogP contribution in [0, 0.1) is 0 Å². The van der Waals surface area contributed by atoms with Gasteiger partial charge in [-0.3, -0.25) is 4.98 Å². The van der Waals surface area contributed by atoms with Crippen LogP contribution in [0.4, 0.5) is 0 Å². The molecule has 0 radical (unpaired) electrons. The van der Waals surface area contributed by atoms with Gasteiger partial charge >= 0.3 is 0 Å². The minimum atomic E-state index is 0.344. The first-order valence-corrected chi connectivity index (χ1v) is 5.24. The van der Waals surface area contributed by atoms with Crippen molar-refractivity contribution in [2.45, 2.75) is 0 Å². The Bertz CT molecular complexity index is 483. The lowest BCUT2D eigenvalue weighted by Gasteiger charge is -2.04. The van der Waals surface area contributed by atoms with Crippen LogP contribution in [0.3, 0.4) is 0 Å². The molecule has 1 aromatic heterocycles. The third-order valence-corrected chi connectivity index (χ3v) is 2.86. The molecule has 0 amide bonds. The highest BCUT2D eigenvalue weighted by atomic mass is 35.5. The van der Waals surface area contributed by atoms with Crippen molar-refractivity contribution in [2.24, 2.45) is 0 Å². The second kappa shape index (κ2) is 4.35. The lowest BCUT2D eigenvalue weighted by molar-refractivity contribution is 1.21. The molecule has 0 saturated carbocycles. The van der Waals surface area contributed by atoms with Crippen LogP contribution >= 0.6 is 34.8 Å². The molecular weight excluding hydrogens is 254 g/mol. The topological polar surface area (TPSA) is 25.8 Å². The van der Waals surface area contributed by atoms with Gasteiger partial charge in [-0.1, -0.05) is 46.9 Å². The molecule has 0 bridgehead atoms. The Morgan fingerprint density at radius 2 is 1.73 bits per heavy atom. The average Bonchev–Trinajstić information content (AvgIpc) is 2.24. The molecule has 0 aliphatic carbocycles. The third kappa shape index (κ3) is 2.23. The fraction of sp³-hybridized carbons (Fsp3) is 0. The number of nitrogens with zero attached hydrogens (tertiary/aromatic N) is 2. The van der Waals surface area contributed by atoms with Crippen molar-refractivity contribution >= 4 is 34.8 Å². The van der Waals surface area contributed by atoms with Crippen molar-refractivity contribution in [3.05, 3.63) is 45.8 Å². The highest BCUT2D eigenvalue weighted by Crippen LogP contribution is 2.31. The van der Waals surface area contributed by atoms with E-state index in [4.69, 9.17) is 34.8 Å². The van der Waals surface area contributed by atoms with Crippen molar-refractivity contribution < 1.29 is 0 Å². The summed E-state index contributed by atoms with van der Waals surface area (Å²) in [6.45, 7) is 0. The first-order chi connectivity index (χ1) is 7.18. The van der Waals surface area contributed by atoms with E-state index in [1.165, 1.54) is 6.20 Å². The summed E-state index contributed by atoms with van der Waals surface area (Å²) in [4.78, 5) is 8.04. The van der Waals surface area contributed by atoms with Crippen LogP contribution in [0.25, 0.3) is 11.3 Å². The number of benzene rings is 1. The summed E-state index contributed by atoms with van der Waals surface area (Å²) >= 11 is 17.6. The van der Waals surface area contributed by atoms with Crippen LogP contribution < -0.4 is 0 Å². The van der Waals surface area contributed by atoms with Gasteiger partial charge in [-0.25, -0.2) is 4.98 Å². The predicted molar refractivity (Wildman–Crippen MR) is 62.5 cm³/mol. The van der Waals surface area contributed by atoms with Gasteiger partial charge in [0.15, 0.2) is 0 Å². The van der Waals surface area contributed by atoms with E-state index in [1.807, 2.05) is 6.07 Å². The molecule has 0 atom stereocenters. The first kappa shape index (κ1) is 10.7. The van der Waals surface area contributed by atoms with Gasteiger partial charge < -0.3 is 0 Å². The van der Waals surface area contributed by atoms with Crippen molar-refractivity contribution in [2.75, 3.05) is 0 Å². The summed E-state index contributed by atoms with van der Waals surface area (Å²) in [5, 5.41) is 1.30. The second-order valence-electron chi connectivity index (χ2n) is 2.83. The van der Waals surface area contributed by atoms with Gasteiger partial charge in [0.25, 0.3) is 0 Å². The molecule has 2 aromatic rings. The molecule has 1 heterocycles. The molecule has 0 saturated heterocycles. The third-order valence-electron chi connectivity index (χ3n) is 1.85. The molecule has 76 valence electrons. The van der Waals surface area contributed by atoms with Crippen molar-refractivity contribution in [3.63, 3.8) is 0 Å². The molecule has 0 unspecified atom stereocenters. The Labute approximate surface area is 102 Å². The Hall–Kier alpha value is -0.830. The van der Waals surface area contributed by atoms with E-state index in [9.17, 15) is 0 Å². The minimum absolute atomic E-state index is 0.344.